The van der Waals surface area contributed by atoms with Crippen LogP contribution in [0.1, 0.15) is 32.7 Å². The smallest absolute Gasteiger partial charge is 0.340 e. The molecule has 0 spiro atoms. The highest BCUT2D eigenvalue weighted by atomic mass is 19.4. The summed E-state index contributed by atoms with van der Waals surface area (Å²) < 4.78 is 39.1. The van der Waals surface area contributed by atoms with Crippen LogP contribution in [0.25, 0.3) is 6.08 Å². The third kappa shape index (κ3) is 4.35. The van der Waals surface area contributed by atoms with Gasteiger partial charge in [-0.2, -0.15) is 13.2 Å². The predicted molar refractivity (Wildman–Crippen MR) is 108 cm³/mol. The number of hydrogen-bond donors (Lipinski definition) is 1. The van der Waals surface area contributed by atoms with E-state index in [2.05, 4.69) is 15.6 Å². The zero-order chi connectivity index (χ0) is 21.1. The number of nitrogens with one attached hydrogen (secondary N) is 1. The van der Waals surface area contributed by atoms with Gasteiger partial charge in [-0.3, -0.25) is 4.79 Å². The first-order valence-corrected chi connectivity index (χ1v) is 9.34. The van der Waals surface area contributed by atoms with E-state index in [4.69, 9.17) is 0 Å². The highest BCUT2D eigenvalue weighted by molar-refractivity contribution is 6.05. The molecule has 4 rings (SSSR count). The van der Waals surface area contributed by atoms with Gasteiger partial charge < -0.3 is 5.32 Å². The van der Waals surface area contributed by atoms with Crippen molar-refractivity contribution in [2.45, 2.75) is 19.0 Å². The van der Waals surface area contributed by atoms with Crippen molar-refractivity contribution < 1.29 is 18.0 Å². The monoisotopic (exact) mass is 408 g/mol. The van der Waals surface area contributed by atoms with Gasteiger partial charge in [0, 0.05) is 17.6 Å². The fourth-order valence-electron chi connectivity index (χ4n) is 3.27. The van der Waals surface area contributed by atoms with E-state index < -0.39 is 17.6 Å². The molecule has 30 heavy (non-hydrogen) atoms. The summed E-state index contributed by atoms with van der Waals surface area (Å²) in [6, 6.07) is 16.5. The standard InChI is InChI=1S/C23H17F3N3O/c24-23(25,26)17-7-4-8-18(14-17)28-21-20-16(11-12-27-22(20)30)13-19(29-21)10-9-15-5-2-1-3-6-15/h1-8,11-14H,9-10H2,(H,28,29). The SMILES string of the molecule is O=C1[N]C=Cc2cc(CCc3ccccc3)nc(Nc3cccc(C(F)(F)F)c3)c21. The maximum absolute atomic E-state index is 13.0. The molecule has 151 valence electrons. The van der Waals surface area contributed by atoms with E-state index >= 15 is 0 Å². The molecule has 1 N–H and O–H groups in total. The number of amides is 1. The van der Waals surface area contributed by atoms with Crippen LogP contribution in [0.15, 0.2) is 66.9 Å². The lowest BCUT2D eigenvalue weighted by atomic mass is 10.0. The summed E-state index contributed by atoms with van der Waals surface area (Å²) in [6.07, 6.45) is 0.0167. The predicted octanol–water partition coefficient (Wildman–Crippen LogP) is 5.36. The molecule has 3 aromatic rings. The first kappa shape index (κ1) is 19.7. The van der Waals surface area contributed by atoms with Crippen LogP contribution in [-0.2, 0) is 19.0 Å². The Morgan fingerprint density at radius 2 is 1.73 bits per heavy atom. The number of benzene rings is 2. The molecular weight excluding hydrogens is 391 g/mol. The zero-order valence-electron chi connectivity index (χ0n) is 15.8. The summed E-state index contributed by atoms with van der Waals surface area (Å²) in [5.74, 6) is -0.280. The number of halogens is 3. The van der Waals surface area contributed by atoms with Gasteiger partial charge in [0.25, 0.3) is 5.91 Å². The number of carbonyl (C=O) groups excluding carboxylic acids is 1. The number of aryl methyl sites for hydroxylation is 2. The fraction of sp³-hybridized carbons (Fsp3) is 0.130. The number of nitrogens with zero attached hydrogens (tertiary/aromatic N) is 2. The normalized spacial score (nSPS) is 13.0. The van der Waals surface area contributed by atoms with Crippen molar-refractivity contribution in [3.8, 4) is 0 Å². The minimum Gasteiger partial charge on any atom is -0.340 e. The largest absolute Gasteiger partial charge is 0.416 e. The van der Waals surface area contributed by atoms with E-state index in [0.717, 1.165) is 29.8 Å². The van der Waals surface area contributed by atoms with Gasteiger partial charge >= 0.3 is 6.18 Å². The van der Waals surface area contributed by atoms with Crippen LogP contribution in [0.3, 0.4) is 0 Å². The van der Waals surface area contributed by atoms with Crippen molar-refractivity contribution in [3.63, 3.8) is 0 Å². The van der Waals surface area contributed by atoms with E-state index in [-0.39, 0.29) is 17.1 Å². The zero-order valence-corrected chi connectivity index (χ0v) is 15.8. The molecule has 4 nitrogen and oxygen atoms in total. The van der Waals surface area contributed by atoms with Gasteiger partial charge in [-0.1, -0.05) is 36.4 Å². The van der Waals surface area contributed by atoms with Crippen LogP contribution < -0.4 is 10.6 Å². The van der Waals surface area contributed by atoms with Gasteiger partial charge in [-0.15, -0.1) is 0 Å². The lowest BCUT2D eigenvalue weighted by molar-refractivity contribution is -0.137. The van der Waals surface area contributed by atoms with Crippen molar-refractivity contribution in [1.82, 2.24) is 10.3 Å². The molecule has 0 atom stereocenters. The Bertz CT molecular complexity index is 1110. The lowest BCUT2D eigenvalue weighted by Gasteiger charge is -2.17. The van der Waals surface area contributed by atoms with E-state index in [9.17, 15) is 18.0 Å². The van der Waals surface area contributed by atoms with Crippen LogP contribution in [0.5, 0.6) is 0 Å². The second kappa shape index (κ2) is 8.02. The molecule has 1 aromatic heterocycles. The molecular formula is C23H17F3N3O. The average molecular weight is 408 g/mol. The molecule has 0 saturated carbocycles. The second-order valence-corrected chi connectivity index (χ2v) is 6.87. The number of hydrogen-bond acceptors (Lipinski definition) is 3. The van der Waals surface area contributed by atoms with Gasteiger partial charge in [0.2, 0.25) is 0 Å². The fourth-order valence-corrected chi connectivity index (χ4v) is 3.27. The molecule has 0 aliphatic carbocycles. The second-order valence-electron chi connectivity index (χ2n) is 6.87. The number of anilines is 2. The molecule has 1 aliphatic rings. The summed E-state index contributed by atoms with van der Waals surface area (Å²) in [6.45, 7) is 0. The molecule has 1 amide bonds. The Balaban J connectivity index is 1.67. The van der Waals surface area contributed by atoms with E-state index in [0.29, 0.717) is 12.0 Å². The van der Waals surface area contributed by atoms with Gasteiger partial charge in [0.05, 0.1) is 11.1 Å². The van der Waals surface area contributed by atoms with Crippen molar-refractivity contribution in [2.24, 2.45) is 0 Å². The molecule has 7 heteroatoms. The third-order valence-electron chi connectivity index (χ3n) is 4.73. The van der Waals surface area contributed by atoms with Gasteiger partial charge in [0.15, 0.2) is 0 Å². The number of fused-ring (bicyclic) bond motifs is 1. The van der Waals surface area contributed by atoms with Crippen molar-refractivity contribution in [1.29, 1.82) is 0 Å². The van der Waals surface area contributed by atoms with Gasteiger partial charge in [-0.05, 0) is 54.3 Å². The first-order chi connectivity index (χ1) is 14.4. The van der Waals surface area contributed by atoms with Crippen LogP contribution in [0.4, 0.5) is 24.7 Å². The van der Waals surface area contributed by atoms with Crippen LogP contribution >= 0.6 is 0 Å². The first-order valence-electron chi connectivity index (χ1n) is 9.34. The highest BCUT2D eigenvalue weighted by Gasteiger charge is 2.30. The summed E-state index contributed by atoms with van der Waals surface area (Å²) in [4.78, 5) is 16.9. The number of alkyl halides is 3. The number of rotatable bonds is 5. The minimum atomic E-state index is -4.46. The third-order valence-corrected chi connectivity index (χ3v) is 4.73. The van der Waals surface area contributed by atoms with E-state index in [1.807, 2.05) is 36.4 Å². The van der Waals surface area contributed by atoms with E-state index in [1.54, 1.807) is 6.08 Å². The number of carbonyl (C=O) groups is 1. The molecule has 0 unspecified atom stereocenters. The minimum absolute atomic E-state index is 0.196. The molecule has 0 bridgehead atoms. The van der Waals surface area contributed by atoms with Crippen molar-refractivity contribution in [2.75, 3.05) is 5.32 Å². The lowest BCUT2D eigenvalue weighted by Crippen LogP contribution is -2.19. The molecule has 2 heterocycles. The molecule has 1 radical (unpaired) electrons. The summed E-state index contributed by atoms with van der Waals surface area (Å²) in [5.41, 5.74) is 2.18. The Morgan fingerprint density at radius 1 is 0.933 bits per heavy atom. The average Bonchev–Trinajstić information content (AvgIpc) is 2.72. The molecule has 0 fully saturated rings. The maximum Gasteiger partial charge on any atom is 0.416 e. The van der Waals surface area contributed by atoms with E-state index in [1.165, 1.54) is 18.3 Å². The Hall–Kier alpha value is -3.61. The van der Waals surface area contributed by atoms with Gasteiger partial charge in [0.1, 0.15) is 5.82 Å². The van der Waals surface area contributed by atoms with Gasteiger partial charge in [-0.25, -0.2) is 10.3 Å². The van der Waals surface area contributed by atoms with Crippen LogP contribution in [0, 0.1) is 0 Å². The summed E-state index contributed by atoms with van der Waals surface area (Å²) >= 11 is 0. The maximum atomic E-state index is 13.0. The van der Waals surface area contributed by atoms with Crippen LogP contribution in [0.2, 0.25) is 0 Å². The topological polar surface area (TPSA) is 56.1 Å². The highest BCUT2D eigenvalue weighted by Crippen LogP contribution is 2.32. The Morgan fingerprint density at radius 3 is 2.50 bits per heavy atom. The Labute approximate surface area is 171 Å². The number of aromatic nitrogens is 1. The summed E-state index contributed by atoms with van der Waals surface area (Å²) in [5, 5.41) is 6.66. The quantitative estimate of drug-likeness (QED) is 0.619. The molecule has 1 aliphatic heterocycles. The summed E-state index contributed by atoms with van der Waals surface area (Å²) in [7, 11) is 0. The Kier molecular flexibility index (Phi) is 5.27. The number of pyridine rings is 1. The van der Waals surface area contributed by atoms with Crippen molar-refractivity contribution >= 4 is 23.5 Å². The molecule has 0 saturated heterocycles. The van der Waals surface area contributed by atoms with Crippen LogP contribution in [-0.4, -0.2) is 10.9 Å². The van der Waals surface area contributed by atoms with Crippen molar-refractivity contribution in [3.05, 3.63) is 94.8 Å². The molecule has 2 aromatic carbocycles.